The molecule has 0 atom stereocenters. The predicted molar refractivity (Wildman–Crippen MR) is 130 cm³/mol. The molecule has 11 heteroatoms. The molecular formula is C23H25N5O5S. The number of carbonyl (C=O) groups is 2. The van der Waals surface area contributed by atoms with Crippen molar-refractivity contribution in [1.29, 1.82) is 0 Å². The number of nitro benzene ring substituents is 1. The van der Waals surface area contributed by atoms with Crippen molar-refractivity contribution >= 4 is 39.9 Å². The highest BCUT2D eigenvalue weighted by atomic mass is 32.1. The number of anilines is 2. The van der Waals surface area contributed by atoms with Gasteiger partial charge in [-0.3, -0.25) is 14.9 Å². The summed E-state index contributed by atoms with van der Waals surface area (Å²) in [6.07, 6.45) is 0.740. The van der Waals surface area contributed by atoms with Crippen LogP contribution in [0.3, 0.4) is 0 Å². The third-order valence-electron chi connectivity index (χ3n) is 4.74. The van der Waals surface area contributed by atoms with Crippen molar-refractivity contribution in [3.63, 3.8) is 0 Å². The second kappa shape index (κ2) is 11.3. The monoisotopic (exact) mass is 483 g/mol. The summed E-state index contributed by atoms with van der Waals surface area (Å²) in [4.78, 5) is 44.5. The van der Waals surface area contributed by atoms with E-state index in [-0.39, 0.29) is 30.2 Å². The van der Waals surface area contributed by atoms with Gasteiger partial charge < -0.3 is 15.4 Å². The van der Waals surface area contributed by atoms with Gasteiger partial charge in [0.2, 0.25) is 11.9 Å². The molecule has 0 aliphatic heterocycles. The van der Waals surface area contributed by atoms with E-state index in [1.165, 1.54) is 23.5 Å². The van der Waals surface area contributed by atoms with E-state index in [9.17, 15) is 19.7 Å². The zero-order valence-corrected chi connectivity index (χ0v) is 19.9. The van der Waals surface area contributed by atoms with Crippen molar-refractivity contribution < 1.29 is 19.2 Å². The first kappa shape index (κ1) is 24.8. The van der Waals surface area contributed by atoms with E-state index in [1.807, 2.05) is 19.9 Å². The Bertz CT molecular complexity index is 1190. The van der Waals surface area contributed by atoms with Gasteiger partial charge in [0.15, 0.2) is 0 Å². The first-order chi connectivity index (χ1) is 16.3. The van der Waals surface area contributed by atoms with Crippen LogP contribution in [0.25, 0.3) is 11.1 Å². The van der Waals surface area contributed by atoms with Gasteiger partial charge in [0.25, 0.3) is 5.69 Å². The van der Waals surface area contributed by atoms with Crippen molar-refractivity contribution in [2.24, 2.45) is 0 Å². The molecule has 0 spiro atoms. The Morgan fingerprint density at radius 2 is 1.91 bits per heavy atom. The number of nitro groups is 1. The molecule has 3 rings (SSSR count). The molecule has 0 aliphatic rings. The van der Waals surface area contributed by atoms with Gasteiger partial charge in [0.05, 0.1) is 11.5 Å². The van der Waals surface area contributed by atoms with Crippen molar-refractivity contribution in [2.45, 2.75) is 33.6 Å². The van der Waals surface area contributed by atoms with E-state index in [2.05, 4.69) is 20.6 Å². The molecule has 2 heterocycles. The lowest BCUT2D eigenvalue weighted by molar-refractivity contribution is -0.384. The molecule has 2 aromatic heterocycles. The minimum Gasteiger partial charge on any atom is -0.462 e. The summed E-state index contributed by atoms with van der Waals surface area (Å²) in [5.41, 5.74) is 2.77. The predicted octanol–water partition coefficient (Wildman–Crippen LogP) is 4.74. The van der Waals surface area contributed by atoms with E-state index in [0.29, 0.717) is 35.0 Å². The van der Waals surface area contributed by atoms with Crippen LogP contribution in [0.5, 0.6) is 0 Å². The molecule has 1 aromatic carbocycles. The summed E-state index contributed by atoms with van der Waals surface area (Å²) >= 11 is 1.17. The number of ether oxygens (including phenoxy) is 1. The number of hydrogen-bond donors (Lipinski definition) is 2. The molecular weight excluding hydrogens is 458 g/mol. The lowest BCUT2D eigenvalue weighted by Crippen LogP contribution is -2.16. The lowest BCUT2D eigenvalue weighted by atomic mass is 10.0. The molecule has 0 radical (unpaired) electrons. The van der Waals surface area contributed by atoms with Crippen LogP contribution in [-0.2, 0) is 9.53 Å². The number of nitrogens with zero attached hydrogens (tertiary/aromatic N) is 3. The largest absolute Gasteiger partial charge is 0.462 e. The highest BCUT2D eigenvalue weighted by Crippen LogP contribution is 2.37. The Balaban J connectivity index is 1.69. The van der Waals surface area contributed by atoms with Gasteiger partial charge in [-0.05, 0) is 38.8 Å². The maximum atomic E-state index is 12.7. The van der Waals surface area contributed by atoms with Crippen LogP contribution in [0.1, 0.15) is 41.5 Å². The Morgan fingerprint density at radius 1 is 1.18 bits per heavy atom. The third kappa shape index (κ3) is 6.35. The summed E-state index contributed by atoms with van der Waals surface area (Å²) < 4.78 is 5.17. The minimum absolute atomic E-state index is 0.0932. The Hall–Kier alpha value is -3.86. The van der Waals surface area contributed by atoms with E-state index in [1.54, 1.807) is 24.4 Å². The standard InChI is InChI=1S/C23H25N5O5S/c1-4-33-22(30)20-18(16-7-5-8-17(12-16)28(31)32)13-34-21(20)27-19(29)9-6-10-24-23-25-14(2)11-15(3)26-23/h5,7-8,11-13H,4,6,9-10H2,1-3H3,(H,27,29)(H,24,25,26). The van der Waals surface area contributed by atoms with E-state index >= 15 is 0 Å². The number of non-ortho nitro benzene ring substituents is 1. The summed E-state index contributed by atoms with van der Waals surface area (Å²) in [5.74, 6) is -0.349. The Labute approximate surface area is 200 Å². The number of carbonyl (C=O) groups excluding carboxylic acids is 2. The molecule has 0 saturated heterocycles. The summed E-state index contributed by atoms with van der Waals surface area (Å²) in [5, 5.41) is 19.1. The Kier molecular flexibility index (Phi) is 8.25. The molecule has 10 nitrogen and oxygen atoms in total. The van der Waals surface area contributed by atoms with Crippen molar-refractivity contribution in [3.8, 4) is 11.1 Å². The van der Waals surface area contributed by atoms with Crippen molar-refractivity contribution in [3.05, 3.63) is 62.8 Å². The van der Waals surface area contributed by atoms with Gasteiger partial charge in [0, 0.05) is 47.4 Å². The summed E-state index contributed by atoms with van der Waals surface area (Å²) in [7, 11) is 0. The van der Waals surface area contributed by atoms with Gasteiger partial charge in [-0.25, -0.2) is 14.8 Å². The Morgan fingerprint density at radius 3 is 2.59 bits per heavy atom. The molecule has 0 unspecified atom stereocenters. The number of aromatic nitrogens is 2. The van der Waals surface area contributed by atoms with E-state index in [0.717, 1.165) is 11.4 Å². The highest BCUT2D eigenvalue weighted by molar-refractivity contribution is 7.15. The average molecular weight is 484 g/mol. The molecule has 3 aromatic rings. The first-order valence-electron chi connectivity index (χ1n) is 10.7. The van der Waals surface area contributed by atoms with E-state index < -0.39 is 10.9 Å². The molecule has 0 fully saturated rings. The molecule has 2 N–H and O–H groups in total. The van der Waals surface area contributed by atoms with Gasteiger partial charge in [0.1, 0.15) is 10.6 Å². The zero-order valence-electron chi connectivity index (χ0n) is 19.1. The van der Waals surface area contributed by atoms with Crippen LogP contribution in [0.4, 0.5) is 16.6 Å². The molecule has 0 aliphatic carbocycles. The average Bonchev–Trinajstić information content (AvgIpc) is 3.20. The number of nitrogens with one attached hydrogen (secondary N) is 2. The van der Waals surface area contributed by atoms with Gasteiger partial charge in [-0.2, -0.15) is 0 Å². The van der Waals surface area contributed by atoms with Crippen LogP contribution in [-0.4, -0.2) is 39.9 Å². The first-order valence-corrected chi connectivity index (χ1v) is 11.6. The van der Waals surface area contributed by atoms with Gasteiger partial charge >= 0.3 is 5.97 Å². The fraction of sp³-hybridized carbons (Fsp3) is 0.304. The molecule has 0 saturated carbocycles. The van der Waals surface area contributed by atoms with Crippen molar-refractivity contribution in [2.75, 3.05) is 23.8 Å². The number of benzene rings is 1. The fourth-order valence-electron chi connectivity index (χ4n) is 3.30. The number of esters is 1. The van der Waals surface area contributed by atoms with Gasteiger partial charge in [-0.15, -0.1) is 11.3 Å². The van der Waals surface area contributed by atoms with Crippen LogP contribution >= 0.6 is 11.3 Å². The molecule has 1 amide bonds. The smallest absolute Gasteiger partial charge is 0.341 e. The second-order valence-electron chi connectivity index (χ2n) is 7.43. The number of amides is 1. The number of hydrogen-bond acceptors (Lipinski definition) is 9. The minimum atomic E-state index is -0.603. The van der Waals surface area contributed by atoms with Crippen LogP contribution < -0.4 is 10.6 Å². The highest BCUT2D eigenvalue weighted by Gasteiger charge is 2.23. The maximum Gasteiger partial charge on any atom is 0.341 e. The summed E-state index contributed by atoms with van der Waals surface area (Å²) in [6.45, 7) is 6.11. The van der Waals surface area contributed by atoms with Crippen LogP contribution in [0, 0.1) is 24.0 Å². The van der Waals surface area contributed by atoms with Crippen LogP contribution in [0.15, 0.2) is 35.7 Å². The number of thiophene rings is 1. The zero-order chi connectivity index (χ0) is 24.7. The quantitative estimate of drug-likeness (QED) is 0.183. The van der Waals surface area contributed by atoms with Crippen LogP contribution in [0.2, 0.25) is 0 Å². The molecule has 178 valence electrons. The van der Waals surface area contributed by atoms with Crippen molar-refractivity contribution in [1.82, 2.24) is 9.97 Å². The SMILES string of the molecule is CCOC(=O)c1c(-c2cccc([N+](=O)[O-])c2)csc1NC(=O)CCCNc1nc(C)cc(C)n1. The molecule has 0 bridgehead atoms. The normalized spacial score (nSPS) is 10.6. The fourth-order valence-corrected chi connectivity index (χ4v) is 4.27. The second-order valence-corrected chi connectivity index (χ2v) is 8.31. The van der Waals surface area contributed by atoms with Gasteiger partial charge in [-0.1, -0.05) is 12.1 Å². The molecule has 34 heavy (non-hydrogen) atoms. The maximum absolute atomic E-state index is 12.7. The topological polar surface area (TPSA) is 136 Å². The number of rotatable bonds is 10. The lowest BCUT2D eigenvalue weighted by Gasteiger charge is -2.09. The summed E-state index contributed by atoms with van der Waals surface area (Å²) in [6, 6.07) is 7.86. The number of aryl methyl sites for hydroxylation is 2. The third-order valence-corrected chi connectivity index (χ3v) is 5.63. The van der Waals surface area contributed by atoms with E-state index in [4.69, 9.17) is 4.74 Å².